The van der Waals surface area contributed by atoms with Crippen molar-refractivity contribution in [1.29, 1.82) is 0 Å². The van der Waals surface area contributed by atoms with E-state index in [1.807, 2.05) is 65.2 Å². The van der Waals surface area contributed by atoms with Crippen LogP contribution in [0.4, 0.5) is 0 Å². The Labute approximate surface area is 389 Å². The highest BCUT2D eigenvalue weighted by Crippen LogP contribution is 2.30. The third kappa shape index (κ3) is 17.1. The molecule has 0 aromatic heterocycles. The molecular formula is C46H76N6O12S. The molecule has 0 unspecified atom stereocenters. The minimum Gasteiger partial charge on any atom is -0.480 e. The lowest BCUT2D eigenvalue weighted by molar-refractivity contribution is -0.150. The molecule has 9 atom stereocenters. The van der Waals surface area contributed by atoms with Crippen molar-refractivity contribution in [2.75, 3.05) is 67.4 Å². The fourth-order valence-corrected chi connectivity index (χ4v) is 9.16. The first-order valence-electron chi connectivity index (χ1n) is 22.5. The number of likely N-dealkylation sites (tertiary alicyclic amines) is 1. The first-order chi connectivity index (χ1) is 30.6. The smallest absolute Gasteiger partial charge is 0.329 e. The summed E-state index contributed by atoms with van der Waals surface area (Å²) in [6, 6.07) is 5.49. The highest BCUT2D eigenvalue weighted by Gasteiger charge is 2.43. The number of ether oxygens (including phenoxy) is 3. The van der Waals surface area contributed by atoms with Crippen molar-refractivity contribution in [3.8, 4) is 0 Å². The fraction of sp³-hybridized carbons (Fsp3) is 0.717. The second kappa shape index (κ2) is 28.0. The van der Waals surface area contributed by atoms with Gasteiger partial charge >= 0.3 is 17.9 Å². The van der Waals surface area contributed by atoms with Crippen molar-refractivity contribution in [3.63, 3.8) is 0 Å². The predicted molar refractivity (Wildman–Crippen MR) is 248 cm³/mol. The number of methoxy groups -OCH3 is 2. The molecule has 4 amide bonds. The van der Waals surface area contributed by atoms with E-state index in [2.05, 4.69) is 10.6 Å². The van der Waals surface area contributed by atoms with Gasteiger partial charge in [-0.3, -0.25) is 33.7 Å². The average Bonchev–Trinajstić information content (AvgIpc) is 3.74. The van der Waals surface area contributed by atoms with Gasteiger partial charge < -0.3 is 44.9 Å². The van der Waals surface area contributed by atoms with Gasteiger partial charge in [0.2, 0.25) is 23.6 Å². The number of aliphatic carboxylic acids is 2. The van der Waals surface area contributed by atoms with Crippen LogP contribution in [0.3, 0.4) is 0 Å². The number of carboxylic acid groups (broad SMARTS) is 2. The van der Waals surface area contributed by atoms with Gasteiger partial charge in [0.05, 0.1) is 49.7 Å². The maximum atomic E-state index is 14.4. The van der Waals surface area contributed by atoms with Crippen molar-refractivity contribution in [2.24, 2.45) is 23.7 Å². The molecule has 1 fully saturated rings. The van der Waals surface area contributed by atoms with Crippen LogP contribution in [-0.4, -0.2) is 181 Å². The molecule has 1 aliphatic rings. The topological polar surface area (TPSA) is 225 Å². The van der Waals surface area contributed by atoms with Crippen LogP contribution in [0, 0.1) is 23.7 Å². The molecule has 4 N–H and O–H groups in total. The largest absolute Gasteiger partial charge is 0.480 e. The van der Waals surface area contributed by atoms with Crippen LogP contribution in [-0.2, 0) is 54.2 Å². The van der Waals surface area contributed by atoms with Crippen molar-refractivity contribution >= 4 is 53.5 Å². The highest BCUT2D eigenvalue weighted by atomic mass is 32.2. The van der Waals surface area contributed by atoms with Gasteiger partial charge in [-0.15, -0.1) is 0 Å². The van der Waals surface area contributed by atoms with E-state index in [0.717, 1.165) is 10.5 Å². The predicted octanol–water partition coefficient (Wildman–Crippen LogP) is 3.02. The van der Waals surface area contributed by atoms with Crippen LogP contribution >= 0.6 is 11.9 Å². The molecule has 0 spiro atoms. The highest BCUT2D eigenvalue weighted by molar-refractivity contribution is 7.96. The molecule has 0 bridgehead atoms. The number of hydrogen-bond acceptors (Lipinski definition) is 13. The zero-order valence-electron chi connectivity index (χ0n) is 40.5. The summed E-state index contributed by atoms with van der Waals surface area (Å²) in [5.41, 5.74) is 0.732. The molecule has 368 valence electrons. The molecule has 18 nitrogen and oxygen atoms in total. The lowest BCUT2D eigenvalue weighted by atomic mass is 9.89. The van der Waals surface area contributed by atoms with E-state index in [1.54, 1.807) is 48.0 Å². The van der Waals surface area contributed by atoms with Crippen molar-refractivity contribution in [1.82, 2.24) is 29.6 Å². The van der Waals surface area contributed by atoms with Crippen molar-refractivity contribution < 1.29 is 58.0 Å². The summed E-state index contributed by atoms with van der Waals surface area (Å²) in [7, 11) is 6.53. The molecule has 0 aliphatic carbocycles. The lowest BCUT2D eigenvalue weighted by Gasteiger charge is -2.41. The van der Waals surface area contributed by atoms with Gasteiger partial charge in [-0.1, -0.05) is 97.2 Å². The average molecular weight is 937 g/mol. The summed E-state index contributed by atoms with van der Waals surface area (Å²) in [5, 5.41) is 24.2. The number of carbonyl (C=O) groups excluding carboxylic acids is 5. The number of benzene rings is 1. The number of carboxylic acids is 2. The van der Waals surface area contributed by atoms with E-state index in [1.165, 1.54) is 26.2 Å². The number of carbonyl (C=O) groups is 7. The molecule has 65 heavy (non-hydrogen) atoms. The van der Waals surface area contributed by atoms with Gasteiger partial charge in [-0.25, -0.2) is 9.10 Å². The zero-order chi connectivity index (χ0) is 49.1. The van der Waals surface area contributed by atoms with Crippen LogP contribution in [0.5, 0.6) is 0 Å². The van der Waals surface area contributed by atoms with Crippen molar-refractivity contribution in [2.45, 2.75) is 123 Å². The van der Waals surface area contributed by atoms with Crippen LogP contribution < -0.4 is 10.6 Å². The minimum atomic E-state index is -1.24. The Morgan fingerprint density at radius 1 is 0.877 bits per heavy atom. The van der Waals surface area contributed by atoms with E-state index in [-0.39, 0.29) is 61.5 Å². The van der Waals surface area contributed by atoms with Crippen molar-refractivity contribution in [3.05, 3.63) is 35.9 Å². The Kier molecular flexibility index (Phi) is 24.5. The minimum absolute atomic E-state index is 0.00885. The van der Waals surface area contributed by atoms with E-state index >= 15 is 0 Å². The normalized spacial score (nSPS) is 17.8. The molecule has 1 aromatic carbocycles. The first kappa shape index (κ1) is 56.8. The number of esters is 1. The number of rotatable bonds is 29. The summed E-state index contributed by atoms with van der Waals surface area (Å²) in [4.78, 5) is 96.9. The summed E-state index contributed by atoms with van der Waals surface area (Å²) >= 11 is 1.44. The molecular weight excluding hydrogens is 861 g/mol. The second-order valence-electron chi connectivity index (χ2n) is 17.7. The monoisotopic (exact) mass is 937 g/mol. The first-order valence-corrected chi connectivity index (χ1v) is 23.7. The van der Waals surface area contributed by atoms with Gasteiger partial charge in [-0.2, -0.15) is 0 Å². The summed E-state index contributed by atoms with van der Waals surface area (Å²) in [6.45, 7) is 12.2. The molecule has 0 saturated carbocycles. The molecule has 0 radical (unpaired) electrons. The lowest BCUT2D eigenvalue weighted by Crippen LogP contribution is -2.59. The fourth-order valence-electron chi connectivity index (χ4n) is 8.60. The standard InChI is InChI=1S/C46H76N6O12S/c1-13-30(6)41(49(8)45(60)39(28(2)3)48-44(59)40(29(4)5)50(9)65-12)35(62-10)25-36(53)52-21-17-20-34(52)42(63-11)31(7)43(58)47-33(24-32-18-15-14-16-19-32)46(61)64-23-22-51(26-37(54)55)27-38(56)57/h14-16,18-19,28-31,33-35,39-42H,13,17,20-27H2,1-12H3,(H,47,58)(H,48,59)(H,54,55)(H,56,57)/t30-,31+,33-,34-,35+,39-,40-,41-,42+/m0/s1. The molecule has 1 aromatic rings. The summed E-state index contributed by atoms with van der Waals surface area (Å²) < 4.78 is 19.3. The Balaban J connectivity index is 2.31. The Bertz CT molecular complexity index is 1690. The van der Waals surface area contributed by atoms with E-state index in [9.17, 15) is 43.8 Å². The van der Waals surface area contributed by atoms with Crippen LogP contribution in [0.25, 0.3) is 0 Å². The van der Waals surface area contributed by atoms with Gasteiger partial charge in [0.1, 0.15) is 24.7 Å². The number of amides is 4. The zero-order valence-corrected chi connectivity index (χ0v) is 41.3. The number of hydrogen-bond donors (Lipinski definition) is 4. The number of likely N-dealkylation sites (N-methyl/N-ethyl adjacent to an activating group) is 2. The Morgan fingerprint density at radius 3 is 2.00 bits per heavy atom. The van der Waals surface area contributed by atoms with Gasteiger partial charge in [-0.05, 0) is 49.5 Å². The Hall–Kier alpha value is -4.30. The van der Waals surface area contributed by atoms with Gasteiger partial charge in [0, 0.05) is 40.8 Å². The Morgan fingerprint density at radius 2 is 1.49 bits per heavy atom. The second-order valence-corrected chi connectivity index (χ2v) is 18.6. The van der Waals surface area contributed by atoms with Crippen LogP contribution in [0.15, 0.2) is 30.3 Å². The molecule has 2 rings (SSSR count). The third-order valence-electron chi connectivity index (χ3n) is 12.3. The molecule has 19 heteroatoms. The van der Waals surface area contributed by atoms with Crippen LogP contribution in [0.2, 0.25) is 0 Å². The summed E-state index contributed by atoms with van der Waals surface area (Å²) in [5.74, 6) is -5.73. The molecule has 1 heterocycles. The van der Waals surface area contributed by atoms with E-state index in [0.29, 0.717) is 25.8 Å². The van der Waals surface area contributed by atoms with Crippen LogP contribution in [0.1, 0.15) is 79.7 Å². The maximum Gasteiger partial charge on any atom is 0.329 e. The van der Waals surface area contributed by atoms with Gasteiger partial charge in [0.25, 0.3) is 0 Å². The molecule has 1 aliphatic heterocycles. The number of nitrogens with one attached hydrogen (secondary N) is 2. The van der Waals surface area contributed by atoms with E-state index in [4.69, 9.17) is 14.2 Å². The SMILES string of the molecule is CC[C@H](C)[C@@H]([C@@H](CC(=O)N1CCC[C@H]1[C@H](OC)[C@@H](C)C(=O)N[C@@H](Cc1ccccc1)C(=O)OCCN(CC(=O)O)CC(=O)O)OC)N(C)C(=O)[C@@H](NC(=O)[C@H](C(C)C)N(C)SC)C(C)C. The summed E-state index contributed by atoms with van der Waals surface area (Å²) in [6.07, 6.45) is 2.29. The maximum absolute atomic E-state index is 14.4. The number of nitrogens with zero attached hydrogens (tertiary/aromatic N) is 4. The van der Waals surface area contributed by atoms with E-state index < -0.39 is 85.2 Å². The quantitative estimate of drug-likeness (QED) is 0.0670. The van der Waals surface area contributed by atoms with Gasteiger partial charge in [0.15, 0.2) is 0 Å². The third-order valence-corrected chi connectivity index (χ3v) is 13.1. The molecule has 1 saturated heterocycles.